The summed E-state index contributed by atoms with van der Waals surface area (Å²) < 4.78 is 4.99. The van der Waals surface area contributed by atoms with E-state index in [1.54, 1.807) is 24.3 Å². The molecule has 1 aromatic rings. The Balaban J connectivity index is 2.99. The number of pyridine rings is 1. The van der Waals surface area contributed by atoms with Gasteiger partial charge in [0.05, 0.1) is 13.7 Å². The molecule has 0 saturated carbocycles. The first-order valence-electron chi connectivity index (χ1n) is 3.76. The molecule has 0 aliphatic rings. The topological polar surface area (TPSA) is 42.4 Å². The van der Waals surface area contributed by atoms with Crippen LogP contribution in [0.2, 0.25) is 5.15 Å². The van der Waals surface area contributed by atoms with Crippen LogP contribution in [0, 0.1) is 0 Å². The third-order valence-electron chi connectivity index (χ3n) is 1.45. The summed E-state index contributed by atoms with van der Waals surface area (Å²) in [6, 6.07) is 3.45. The molecule has 0 amide bonds. The first kappa shape index (κ1) is 10.0. The Labute approximate surface area is 81.6 Å². The van der Waals surface area contributed by atoms with Crippen molar-refractivity contribution < 1.29 is 9.84 Å². The highest BCUT2D eigenvalue weighted by Gasteiger charge is 2.01. The smallest absolute Gasteiger partial charge is 0.221 e. The van der Waals surface area contributed by atoms with Gasteiger partial charge in [-0.05, 0) is 12.1 Å². The fourth-order valence-corrected chi connectivity index (χ4v) is 1.04. The first-order valence-corrected chi connectivity index (χ1v) is 4.13. The molecule has 13 heavy (non-hydrogen) atoms. The zero-order chi connectivity index (χ0) is 9.68. The van der Waals surface area contributed by atoms with E-state index in [0.29, 0.717) is 11.0 Å². The Bertz CT molecular complexity index is 312. The SMILES string of the molecule is COc1nc(Cl)ccc1/C=C/CO. The molecule has 70 valence electrons. The lowest BCUT2D eigenvalue weighted by Gasteiger charge is -2.02. The summed E-state index contributed by atoms with van der Waals surface area (Å²) in [6.45, 7) is -0.00815. The van der Waals surface area contributed by atoms with E-state index in [-0.39, 0.29) is 6.61 Å². The zero-order valence-corrected chi connectivity index (χ0v) is 7.95. The Morgan fingerprint density at radius 2 is 2.38 bits per heavy atom. The summed E-state index contributed by atoms with van der Waals surface area (Å²) in [7, 11) is 1.52. The average Bonchev–Trinajstić information content (AvgIpc) is 2.16. The monoisotopic (exact) mass is 199 g/mol. The normalized spacial score (nSPS) is 10.7. The molecule has 0 bridgehead atoms. The lowest BCUT2D eigenvalue weighted by Crippen LogP contribution is -1.91. The van der Waals surface area contributed by atoms with Crippen molar-refractivity contribution in [3.05, 3.63) is 28.9 Å². The molecule has 3 nitrogen and oxygen atoms in total. The minimum atomic E-state index is -0.00815. The van der Waals surface area contributed by atoms with E-state index >= 15 is 0 Å². The molecule has 0 unspecified atom stereocenters. The molecule has 0 aliphatic heterocycles. The van der Waals surface area contributed by atoms with Crippen LogP contribution in [0.4, 0.5) is 0 Å². The van der Waals surface area contributed by atoms with Gasteiger partial charge in [0.1, 0.15) is 5.15 Å². The Morgan fingerprint density at radius 1 is 1.62 bits per heavy atom. The molecule has 1 heterocycles. The van der Waals surface area contributed by atoms with Crippen LogP contribution in [0.5, 0.6) is 5.88 Å². The predicted octanol–water partition coefficient (Wildman–Crippen LogP) is 1.75. The highest BCUT2D eigenvalue weighted by atomic mass is 35.5. The number of aromatic nitrogens is 1. The van der Waals surface area contributed by atoms with E-state index < -0.39 is 0 Å². The lowest BCUT2D eigenvalue weighted by atomic mass is 10.2. The summed E-state index contributed by atoms with van der Waals surface area (Å²) in [5.41, 5.74) is 0.793. The van der Waals surface area contributed by atoms with Crippen LogP contribution in [0.15, 0.2) is 18.2 Å². The van der Waals surface area contributed by atoms with Crippen LogP contribution in [-0.4, -0.2) is 23.8 Å². The summed E-state index contributed by atoms with van der Waals surface area (Å²) in [6.07, 6.45) is 3.33. The van der Waals surface area contributed by atoms with Crippen molar-refractivity contribution in [1.29, 1.82) is 0 Å². The molecular formula is C9H10ClNO2. The number of aliphatic hydroxyl groups excluding tert-OH is 1. The molecular weight excluding hydrogens is 190 g/mol. The molecule has 4 heteroatoms. The number of aliphatic hydroxyl groups is 1. The number of ether oxygens (including phenoxy) is 1. The summed E-state index contributed by atoms with van der Waals surface area (Å²) in [5.74, 6) is 0.456. The first-order chi connectivity index (χ1) is 6.27. The molecule has 0 atom stereocenters. The van der Waals surface area contributed by atoms with Gasteiger partial charge in [0, 0.05) is 5.56 Å². The molecule has 0 radical (unpaired) electrons. The van der Waals surface area contributed by atoms with Gasteiger partial charge in [-0.25, -0.2) is 4.98 Å². The van der Waals surface area contributed by atoms with Gasteiger partial charge >= 0.3 is 0 Å². The van der Waals surface area contributed by atoms with Crippen molar-refractivity contribution in [2.24, 2.45) is 0 Å². The van der Waals surface area contributed by atoms with Crippen LogP contribution in [0.25, 0.3) is 6.08 Å². The molecule has 1 aromatic heterocycles. The Hall–Kier alpha value is -1.06. The van der Waals surface area contributed by atoms with Gasteiger partial charge in [-0.15, -0.1) is 0 Å². The van der Waals surface area contributed by atoms with Crippen molar-refractivity contribution >= 4 is 17.7 Å². The predicted molar refractivity (Wildman–Crippen MR) is 51.9 cm³/mol. The molecule has 0 spiro atoms. The molecule has 1 rings (SSSR count). The average molecular weight is 200 g/mol. The van der Waals surface area contributed by atoms with E-state index in [1.165, 1.54) is 7.11 Å². The van der Waals surface area contributed by atoms with E-state index in [4.69, 9.17) is 21.4 Å². The maximum absolute atomic E-state index is 8.57. The van der Waals surface area contributed by atoms with Crippen LogP contribution in [0.1, 0.15) is 5.56 Å². The standard InChI is InChI=1S/C9H10ClNO2/c1-13-9-7(3-2-6-12)4-5-8(10)11-9/h2-5,12H,6H2,1H3/b3-2+. The Kier molecular flexibility index (Phi) is 3.73. The van der Waals surface area contributed by atoms with Crippen LogP contribution in [0.3, 0.4) is 0 Å². The van der Waals surface area contributed by atoms with E-state index in [2.05, 4.69) is 4.98 Å². The number of rotatable bonds is 3. The summed E-state index contributed by atoms with van der Waals surface area (Å²) in [5, 5.41) is 8.96. The zero-order valence-electron chi connectivity index (χ0n) is 7.20. The third kappa shape index (κ3) is 2.72. The molecule has 0 fully saturated rings. The van der Waals surface area contributed by atoms with Crippen LogP contribution < -0.4 is 4.74 Å². The van der Waals surface area contributed by atoms with Gasteiger partial charge in [0.2, 0.25) is 5.88 Å². The molecule has 0 aliphatic carbocycles. The van der Waals surface area contributed by atoms with Gasteiger partial charge in [-0.1, -0.05) is 23.8 Å². The van der Waals surface area contributed by atoms with Crippen molar-refractivity contribution in [2.75, 3.05) is 13.7 Å². The lowest BCUT2D eigenvalue weighted by molar-refractivity contribution is 0.343. The summed E-state index contributed by atoms with van der Waals surface area (Å²) >= 11 is 5.67. The third-order valence-corrected chi connectivity index (χ3v) is 1.66. The highest BCUT2D eigenvalue weighted by Crippen LogP contribution is 2.19. The van der Waals surface area contributed by atoms with Crippen molar-refractivity contribution in [2.45, 2.75) is 0 Å². The second-order valence-electron chi connectivity index (χ2n) is 2.32. The molecule has 1 N–H and O–H groups in total. The minimum Gasteiger partial charge on any atom is -0.481 e. The van der Waals surface area contributed by atoms with E-state index in [1.807, 2.05) is 0 Å². The number of methoxy groups -OCH3 is 1. The quantitative estimate of drug-likeness (QED) is 0.755. The molecule has 0 aromatic carbocycles. The van der Waals surface area contributed by atoms with Crippen molar-refractivity contribution in [1.82, 2.24) is 4.98 Å². The van der Waals surface area contributed by atoms with Crippen LogP contribution >= 0.6 is 11.6 Å². The van der Waals surface area contributed by atoms with Gasteiger partial charge in [-0.3, -0.25) is 0 Å². The maximum Gasteiger partial charge on any atom is 0.221 e. The maximum atomic E-state index is 8.57. The number of nitrogens with zero attached hydrogens (tertiary/aromatic N) is 1. The minimum absolute atomic E-state index is 0.00815. The fraction of sp³-hybridized carbons (Fsp3) is 0.222. The highest BCUT2D eigenvalue weighted by molar-refractivity contribution is 6.29. The van der Waals surface area contributed by atoms with Gasteiger partial charge in [0.15, 0.2) is 0 Å². The summed E-state index contributed by atoms with van der Waals surface area (Å²) in [4.78, 5) is 3.95. The van der Waals surface area contributed by atoms with Gasteiger partial charge in [0.25, 0.3) is 0 Å². The van der Waals surface area contributed by atoms with Crippen molar-refractivity contribution in [3.8, 4) is 5.88 Å². The second-order valence-corrected chi connectivity index (χ2v) is 2.70. The van der Waals surface area contributed by atoms with Gasteiger partial charge in [-0.2, -0.15) is 0 Å². The van der Waals surface area contributed by atoms with Gasteiger partial charge < -0.3 is 9.84 Å². The number of halogens is 1. The fourth-order valence-electron chi connectivity index (χ4n) is 0.899. The Morgan fingerprint density at radius 3 is 3.00 bits per heavy atom. The number of hydrogen-bond donors (Lipinski definition) is 1. The second kappa shape index (κ2) is 4.84. The van der Waals surface area contributed by atoms with E-state index in [0.717, 1.165) is 5.56 Å². The largest absolute Gasteiger partial charge is 0.481 e. The van der Waals surface area contributed by atoms with Crippen molar-refractivity contribution in [3.63, 3.8) is 0 Å². The van der Waals surface area contributed by atoms with E-state index in [9.17, 15) is 0 Å². The van der Waals surface area contributed by atoms with Crippen LogP contribution in [-0.2, 0) is 0 Å². The molecule has 0 saturated heterocycles. The number of hydrogen-bond acceptors (Lipinski definition) is 3.